The largest absolute Gasteiger partial charge is 0.483 e. The molecule has 2 aliphatic heterocycles. The molecule has 0 N–H and O–H groups in total. The van der Waals surface area contributed by atoms with Crippen LogP contribution in [-0.4, -0.2) is 60.2 Å². The van der Waals surface area contributed by atoms with Gasteiger partial charge >= 0.3 is 0 Å². The molecule has 1 amide bonds. The number of likely N-dealkylation sites (N-methyl/N-ethyl adjacent to an activating group) is 1. The van der Waals surface area contributed by atoms with Crippen LogP contribution in [0, 0.1) is 12.8 Å². The Kier molecular flexibility index (Phi) is 5.23. The lowest BCUT2D eigenvalue weighted by molar-refractivity contribution is -0.135. The number of Topliss-reactive ketones (excluding diaryl/α,β-unsaturated/α-hetero) is 1. The normalized spacial score (nSPS) is 29.8. The van der Waals surface area contributed by atoms with E-state index in [4.69, 9.17) is 16.3 Å². The Labute approximate surface area is 171 Å². The number of ketones is 1. The summed E-state index contributed by atoms with van der Waals surface area (Å²) < 4.78 is 6.15. The number of hydrogen-bond acceptors (Lipinski definition) is 4. The van der Waals surface area contributed by atoms with Crippen molar-refractivity contribution in [2.45, 2.75) is 43.7 Å². The minimum Gasteiger partial charge on any atom is -0.483 e. The average molecular weight is 403 g/mol. The molecule has 0 radical (unpaired) electrons. The van der Waals surface area contributed by atoms with E-state index >= 15 is 0 Å². The van der Waals surface area contributed by atoms with Gasteiger partial charge in [0.05, 0.1) is 17.5 Å². The predicted octanol–water partition coefficient (Wildman–Crippen LogP) is 3.07. The first kappa shape index (κ1) is 19.5. The van der Waals surface area contributed by atoms with Crippen LogP contribution in [0.5, 0.6) is 0 Å². The summed E-state index contributed by atoms with van der Waals surface area (Å²) in [7, 11) is 3.96. The molecule has 28 heavy (non-hydrogen) atoms. The summed E-state index contributed by atoms with van der Waals surface area (Å²) in [4.78, 5) is 30.5. The van der Waals surface area contributed by atoms with Crippen LogP contribution in [0.15, 0.2) is 35.6 Å². The van der Waals surface area contributed by atoms with Crippen molar-refractivity contribution in [1.82, 2.24) is 9.80 Å². The zero-order valence-corrected chi connectivity index (χ0v) is 17.4. The van der Waals surface area contributed by atoms with Crippen molar-refractivity contribution in [3.05, 3.63) is 46.7 Å². The topological polar surface area (TPSA) is 49.9 Å². The summed E-state index contributed by atoms with van der Waals surface area (Å²) in [6, 6.07) is 7.68. The van der Waals surface area contributed by atoms with Crippen molar-refractivity contribution >= 4 is 23.3 Å². The van der Waals surface area contributed by atoms with Crippen LogP contribution in [0.4, 0.5) is 0 Å². The molecule has 1 aliphatic carbocycles. The van der Waals surface area contributed by atoms with Gasteiger partial charge in [-0.3, -0.25) is 9.59 Å². The molecule has 5 nitrogen and oxygen atoms in total. The van der Waals surface area contributed by atoms with E-state index in [0.29, 0.717) is 18.5 Å². The molecule has 0 bridgehead atoms. The van der Waals surface area contributed by atoms with Gasteiger partial charge in [-0.15, -0.1) is 11.6 Å². The minimum absolute atomic E-state index is 0.00396. The highest BCUT2D eigenvalue weighted by Gasteiger charge is 2.52. The molecule has 0 aromatic heterocycles. The van der Waals surface area contributed by atoms with Crippen molar-refractivity contribution in [2.75, 3.05) is 27.2 Å². The minimum atomic E-state index is -0.382. The molecule has 4 unspecified atom stereocenters. The van der Waals surface area contributed by atoms with Gasteiger partial charge in [-0.1, -0.05) is 29.8 Å². The smallest absolute Gasteiger partial charge is 0.290 e. The number of benzene rings is 1. The van der Waals surface area contributed by atoms with Crippen LogP contribution >= 0.6 is 11.6 Å². The number of hydrogen-bond donors (Lipinski definition) is 0. The van der Waals surface area contributed by atoms with E-state index in [1.807, 2.05) is 50.2 Å². The lowest BCUT2D eigenvalue weighted by atomic mass is 9.77. The van der Waals surface area contributed by atoms with Gasteiger partial charge in [-0.25, -0.2) is 0 Å². The van der Waals surface area contributed by atoms with E-state index in [1.165, 1.54) is 0 Å². The van der Waals surface area contributed by atoms with Gasteiger partial charge in [0.1, 0.15) is 6.10 Å². The van der Waals surface area contributed by atoms with Crippen molar-refractivity contribution < 1.29 is 14.3 Å². The van der Waals surface area contributed by atoms with Crippen LogP contribution in [-0.2, 0) is 14.3 Å². The van der Waals surface area contributed by atoms with Crippen LogP contribution < -0.4 is 0 Å². The van der Waals surface area contributed by atoms with Crippen molar-refractivity contribution in [3.63, 3.8) is 0 Å². The zero-order valence-electron chi connectivity index (χ0n) is 16.7. The summed E-state index contributed by atoms with van der Waals surface area (Å²) in [6.07, 6.45) is 1.94. The monoisotopic (exact) mass is 402 g/mol. The van der Waals surface area contributed by atoms with Gasteiger partial charge in [0.25, 0.3) is 5.91 Å². The number of aryl methyl sites for hydroxylation is 1. The van der Waals surface area contributed by atoms with Gasteiger partial charge in [0, 0.05) is 18.5 Å². The molecule has 1 saturated carbocycles. The van der Waals surface area contributed by atoms with E-state index in [2.05, 4.69) is 0 Å². The van der Waals surface area contributed by atoms with Gasteiger partial charge < -0.3 is 14.5 Å². The van der Waals surface area contributed by atoms with Crippen LogP contribution in [0.25, 0.3) is 0 Å². The maximum absolute atomic E-state index is 13.5. The highest BCUT2D eigenvalue weighted by atomic mass is 35.5. The first-order valence-corrected chi connectivity index (χ1v) is 10.4. The first-order valence-electron chi connectivity index (χ1n) is 9.98. The van der Waals surface area contributed by atoms with E-state index in [0.717, 1.165) is 30.5 Å². The maximum Gasteiger partial charge on any atom is 0.290 e. The number of rotatable bonds is 4. The Bertz CT molecular complexity index is 818. The predicted molar refractivity (Wildman–Crippen MR) is 108 cm³/mol. The number of amides is 1. The Morgan fingerprint density at radius 2 is 1.89 bits per heavy atom. The Hall–Kier alpha value is -1.85. The number of carbonyl (C=O) groups excluding carboxylic acids is 2. The summed E-state index contributed by atoms with van der Waals surface area (Å²) in [5, 5.41) is -0.00396. The molecule has 1 aromatic rings. The van der Waals surface area contributed by atoms with Gasteiger partial charge in [-0.05, 0) is 45.8 Å². The van der Waals surface area contributed by atoms with E-state index < -0.39 is 0 Å². The van der Waals surface area contributed by atoms with Crippen LogP contribution in [0.2, 0.25) is 0 Å². The number of nitrogens with zero attached hydrogens (tertiary/aromatic N) is 2. The van der Waals surface area contributed by atoms with Crippen LogP contribution in [0.3, 0.4) is 0 Å². The molecule has 150 valence electrons. The lowest BCUT2D eigenvalue weighted by Crippen LogP contribution is -2.41. The van der Waals surface area contributed by atoms with Gasteiger partial charge in [0.15, 0.2) is 11.5 Å². The van der Waals surface area contributed by atoms with Gasteiger partial charge in [-0.2, -0.15) is 0 Å². The first-order chi connectivity index (χ1) is 13.4. The SMILES string of the molecule is Cc1ccc(C2C3=C(OC4CCC(Cl)CC4C3=O)C(=O)N2CCN(C)C)cc1. The molecule has 4 atom stereocenters. The van der Waals surface area contributed by atoms with E-state index in [9.17, 15) is 9.59 Å². The molecular weight excluding hydrogens is 376 g/mol. The summed E-state index contributed by atoms with van der Waals surface area (Å²) in [5.41, 5.74) is 2.63. The lowest BCUT2D eigenvalue weighted by Gasteiger charge is -2.37. The number of fused-ring (bicyclic) bond motifs is 1. The molecule has 3 aliphatic rings. The number of carbonyl (C=O) groups is 2. The Morgan fingerprint density at radius 1 is 1.18 bits per heavy atom. The molecular formula is C22H27ClN2O3. The second-order valence-corrected chi connectivity index (χ2v) is 9.01. The third kappa shape index (κ3) is 3.35. The summed E-state index contributed by atoms with van der Waals surface area (Å²) >= 11 is 6.35. The fourth-order valence-corrected chi connectivity index (χ4v) is 4.81. The number of halogens is 1. The van der Waals surface area contributed by atoms with Crippen molar-refractivity contribution in [2.24, 2.45) is 5.92 Å². The molecule has 6 heteroatoms. The standard InChI is InChI=1S/C22H27ClN2O3/c1-13-4-6-14(7-5-13)19-18-20(26)16-12-15(23)8-9-17(16)28-21(18)22(27)25(19)11-10-24(2)3/h4-7,15-17,19H,8-12H2,1-3H3. The maximum atomic E-state index is 13.5. The van der Waals surface area contributed by atoms with Crippen molar-refractivity contribution in [3.8, 4) is 0 Å². The second kappa shape index (κ2) is 7.53. The molecule has 1 aromatic carbocycles. The molecule has 1 fully saturated rings. The second-order valence-electron chi connectivity index (χ2n) is 8.40. The zero-order chi connectivity index (χ0) is 20.0. The van der Waals surface area contributed by atoms with E-state index in [1.54, 1.807) is 4.90 Å². The van der Waals surface area contributed by atoms with E-state index in [-0.39, 0.29) is 40.9 Å². The number of ether oxygens (including phenoxy) is 1. The van der Waals surface area contributed by atoms with Crippen LogP contribution in [0.1, 0.15) is 36.4 Å². The molecule has 0 spiro atoms. The van der Waals surface area contributed by atoms with Gasteiger partial charge in [0.2, 0.25) is 0 Å². The molecule has 0 saturated heterocycles. The number of alkyl halides is 1. The third-order valence-electron chi connectivity index (χ3n) is 6.06. The summed E-state index contributed by atoms with van der Waals surface area (Å²) in [5.74, 6) is -0.0988. The Morgan fingerprint density at radius 3 is 2.57 bits per heavy atom. The fraction of sp³-hybridized carbons (Fsp3) is 0.545. The molecule has 2 heterocycles. The third-order valence-corrected chi connectivity index (χ3v) is 6.46. The summed E-state index contributed by atoms with van der Waals surface area (Å²) in [6.45, 7) is 3.29. The molecule has 4 rings (SSSR count). The fourth-order valence-electron chi connectivity index (χ4n) is 4.50. The Balaban J connectivity index is 1.74. The van der Waals surface area contributed by atoms with Crippen molar-refractivity contribution in [1.29, 1.82) is 0 Å². The highest BCUT2D eigenvalue weighted by Crippen LogP contribution is 2.47. The average Bonchev–Trinajstić information content (AvgIpc) is 2.94. The highest BCUT2D eigenvalue weighted by molar-refractivity contribution is 6.21. The quantitative estimate of drug-likeness (QED) is 0.726.